The average molecular weight is 202 g/mol. The Morgan fingerprint density at radius 2 is 1.92 bits per heavy atom. The van der Waals surface area contributed by atoms with Gasteiger partial charge in [0.2, 0.25) is 0 Å². The quantitative estimate of drug-likeness (QED) is 0.610. The molecule has 0 spiro atoms. The smallest absolute Gasteiger partial charge is 0.155 e. The molecule has 0 aromatic carbocycles. The topological polar surface area (TPSA) is 23.1 Å². The first kappa shape index (κ1) is 11.3. The molecular weight excluding hydrogens is 182 g/mol. The van der Waals surface area contributed by atoms with Crippen molar-refractivity contribution in [2.24, 2.45) is 0 Å². The van der Waals surface area contributed by atoms with Crippen LogP contribution in [0.3, 0.4) is 0 Å². The van der Waals surface area contributed by atoms with Crippen molar-refractivity contribution in [1.29, 1.82) is 0 Å². The summed E-state index contributed by atoms with van der Waals surface area (Å²) in [6, 6.07) is 0. The van der Waals surface area contributed by atoms with E-state index < -0.39 is 6.23 Å². The maximum Gasteiger partial charge on any atom is 0.155 e. The van der Waals surface area contributed by atoms with Gasteiger partial charge >= 0.3 is 0 Å². The zero-order valence-electron chi connectivity index (χ0n) is 9.26. The van der Waals surface area contributed by atoms with Crippen molar-refractivity contribution in [2.45, 2.75) is 64.0 Å². The number of hydrogen-bond donors (Lipinski definition) is 0. The summed E-state index contributed by atoms with van der Waals surface area (Å²) in [5, 5.41) is 11.7. The van der Waals surface area contributed by atoms with Gasteiger partial charge in [-0.15, -0.1) is 0 Å². The van der Waals surface area contributed by atoms with Gasteiger partial charge in [0.1, 0.15) is 0 Å². The molecule has 1 rings (SSSR count). The van der Waals surface area contributed by atoms with Crippen LogP contribution in [-0.4, -0.2) is 20.8 Å². The second-order valence-electron chi connectivity index (χ2n) is 5.34. The fourth-order valence-corrected chi connectivity index (χ4v) is 2.72. The molecule has 1 fully saturated rings. The number of rotatable bonds is 1. The second-order valence-corrected chi connectivity index (χ2v) is 7.14. The summed E-state index contributed by atoms with van der Waals surface area (Å²) in [6.07, 6.45) is 1.29. The molecule has 1 radical (unpaired) electrons. The Morgan fingerprint density at radius 1 is 1.38 bits per heavy atom. The molecule has 0 aliphatic carbocycles. The third kappa shape index (κ3) is 2.86. The van der Waals surface area contributed by atoms with E-state index in [1.54, 1.807) is 11.9 Å². The van der Waals surface area contributed by atoms with E-state index >= 15 is 0 Å². The van der Waals surface area contributed by atoms with Gasteiger partial charge < -0.3 is 0 Å². The Labute approximate surface area is 85.8 Å². The van der Waals surface area contributed by atoms with Crippen LogP contribution in [0.15, 0.2) is 0 Å². The van der Waals surface area contributed by atoms with Crippen LogP contribution in [0, 0.1) is 0 Å². The molecule has 0 amide bonds. The summed E-state index contributed by atoms with van der Waals surface area (Å²) in [7, 11) is 0. The SMILES string of the molecule is CC(C)(C)SN1C([O])CCC1(C)C. The lowest BCUT2D eigenvalue weighted by atomic mass is 10.0. The molecule has 3 heteroatoms. The second kappa shape index (κ2) is 3.44. The third-order valence-corrected chi connectivity index (χ3v) is 3.71. The van der Waals surface area contributed by atoms with Crippen LogP contribution < -0.4 is 0 Å². The van der Waals surface area contributed by atoms with Gasteiger partial charge in [0.05, 0.1) is 0 Å². The van der Waals surface area contributed by atoms with Gasteiger partial charge in [0.15, 0.2) is 6.23 Å². The Bertz CT molecular complexity index is 186. The van der Waals surface area contributed by atoms with Crippen molar-refractivity contribution in [1.82, 2.24) is 4.31 Å². The van der Waals surface area contributed by atoms with Gasteiger partial charge in [-0.05, 0) is 47.5 Å². The lowest BCUT2D eigenvalue weighted by Crippen LogP contribution is -2.39. The molecule has 1 heterocycles. The first-order chi connectivity index (χ1) is 5.72. The zero-order valence-corrected chi connectivity index (χ0v) is 10.1. The van der Waals surface area contributed by atoms with E-state index in [0.29, 0.717) is 0 Å². The molecule has 0 aromatic rings. The minimum absolute atomic E-state index is 0.0738. The lowest BCUT2D eigenvalue weighted by Gasteiger charge is -2.36. The molecular formula is C10H20NOS. The Kier molecular flexibility index (Phi) is 3.01. The highest BCUT2D eigenvalue weighted by atomic mass is 32.2. The summed E-state index contributed by atoms with van der Waals surface area (Å²) >= 11 is 1.70. The van der Waals surface area contributed by atoms with Crippen LogP contribution in [-0.2, 0) is 5.11 Å². The maximum atomic E-state index is 11.7. The predicted molar refractivity (Wildman–Crippen MR) is 57.0 cm³/mol. The van der Waals surface area contributed by atoms with Gasteiger partial charge in [0.25, 0.3) is 0 Å². The van der Waals surface area contributed by atoms with Gasteiger partial charge in [-0.1, -0.05) is 11.9 Å². The van der Waals surface area contributed by atoms with Crippen molar-refractivity contribution < 1.29 is 5.11 Å². The van der Waals surface area contributed by atoms with Crippen molar-refractivity contribution in [3.8, 4) is 0 Å². The predicted octanol–water partition coefficient (Wildman–Crippen LogP) is 3.06. The van der Waals surface area contributed by atoms with Gasteiger partial charge in [-0.25, -0.2) is 9.41 Å². The summed E-state index contributed by atoms with van der Waals surface area (Å²) in [4.78, 5) is 0. The normalized spacial score (nSPS) is 29.5. The minimum Gasteiger partial charge on any atom is -0.215 e. The van der Waals surface area contributed by atoms with E-state index in [-0.39, 0.29) is 10.3 Å². The van der Waals surface area contributed by atoms with Crippen LogP contribution in [0.25, 0.3) is 0 Å². The molecule has 1 unspecified atom stereocenters. The lowest BCUT2D eigenvalue weighted by molar-refractivity contribution is 0.00666. The van der Waals surface area contributed by atoms with Gasteiger partial charge in [-0.3, -0.25) is 0 Å². The van der Waals surface area contributed by atoms with E-state index in [1.165, 1.54) is 0 Å². The zero-order chi connectivity index (χ0) is 10.3. The van der Waals surface area contributed by atoms with Crippen molar-refractivity contribution >= 4 is 11.9 Å². The van der Waals surface area contributed by atoms with E-state index in [9.17, 15) is 5.11 Å². The van der Waals surface area contributed by atoms with Gasteiger partial charge in [0, 0.05) is 10.3 Å². The van der Waals surface area contributed by atoms with Crippen LogP contribution >= 0.6 is 11.9 Å². The maximum absolute atomic E-state index is 11.7. The molecule has 0 aromatic heterocycles. The highest BCUT2D eigenvalue weighted by Crippen LogP contribution is 2.42. The third-order valence-electron chi connectivity index (χ3n) is 2.23. The molecule has 2 nitrogen and oxygen atoms in total. The minimum atomic E-state index is -0.515. The molecule has 1 atom stereocenters. The van der Waals surface area contributed by atoms with Gasteiger partial charge in [-0.2, -0.15) is 0 Å². The summed E-state index contributed by atoms with van der Waals surface area (Å²) in [5.74, 6) is 0. The summed E-state index contributed by atoms with van der Waals surface area (Å²) < 4.78 is 2.18. The first-order valence-corrected chi connectivity index (χ1v) is 5.64. The molecule has 1 aliphatic rings. The molecule has 13 heavy (non-hydrogen) atoms. The first-order valence-electron chi connectivity index (χ1n) is 4.87. The van der Waals surface area contributed by atoms with E-state index in [4.69, 9.17) is 0 Å². The number of hydrogen-bond acceptors (Lipinski definition) is 2. The molecule has 1 saturated heterocycles. The highest BCUT2D eigenvalue weighted by molar-refractivity contribution is 7.98. The Morgan fingerprint density at radius 3 is 2.23 bits per heavy atom. The Hall–Kier alpha value is 0.270. The van der Waals surface area contributed by atoms with Crippen LogP contribution in [0.5, 0.6) is 0 Å². The molecule has 0 saturated carbocycles. The molecule has 1 aliphatic heterocycles. The number of nitrogens with zero attached hydrogens (tertiary/aromatic N) is 1. The monoisotopic (exact) mass is 202 g/mol. The standard InChI is InChI=1S/C10H20NOS/c1-9(2,3)13-11-8(12)6-7-10(11,4)5/h8H,6-7H2,1-5H3. The van der Waals surface area contributed by atoms with E-state index in [2.05, 4.69) is 34.6 Å². The highest BCUT2D eigenvalue weighted by Gasteiger charge is 2.41. The summed E-state index contributed by atoms with van der Waals surface area (Å²) in [5.41, 5.74) is 0.0738. The van der Waals surface area contributed by atoms with E-state index in [1.807, 2.05) is 4.31 Å². The molecule has 77 valence electrons. The average Bonchev–Trinajstić information content (AvgIpc) is 2.13. The summed E-state index contributed by atoms with van der Waals surface area (Å²) in [6.45, 7) is 10.8. The van der Waals surface area contributed by atoms with Crippen molar-refractivity contribution in [2.75, 3.05) is 0 Å². The van der Waals surface area contributed by atoms with Crippen molar-refractivity contribution in [3.63, 3.8) is 0 Å². The molecule has 0 bridgehead atoms. The molecule has 0 N–H and O–H groups in total. The Balaban J connectivity index is 2.66. The largest absolute Gasteiger partial charge is 0.215 e. The van der Waals surface area contributed by atoms with Crippen molar-refractivity contribution in [3.05, 3.63) is 0 Å². The van der Waals surface area contributed by atoms with Crippen LogP contribution in [0.1, 0.15) is 47.5 Å². The van der Waals surface area contributed by atoms with E-state index in [0.717, 1.165) is 12.8 Å². The van der Waals surface area contributed by atoms with Crippen LogP contribution in [0.4, 0.5) is 0 Å². The fraction of sp³-hybridized carbons (Fsp3) is 1.00. The van der Waals surface area contributed by atoms with Crippen LogP contribution in [0.2, 0.25) is 0 Å². The fourth-order valence-electron chi connectivity index (χ4n) is 1.57.